The van der Waals surface area contributed by atoms with Gasteiger partial charge in [0.2, 0.25) is 0 Å². The number of aliphatic hydroxyl groups excluding tert-OH is 3. The lowest BCUT2D eigenvalue weighted by molar-refractivity contribution is -0.293. The standard InChI is InChI=1S/C25H42O5/c1-7-23(4,30-22-21(28)20(27)18(26)15-29-22)13-14-25(6)17(3)11-12-24(5)16(2)9-8-10-19(24)25/h7,9,17-22,26-28H,1,8,10-15H2,2-6H3/t17-,18+,19+,20+,21-,22-,23-,24-,25+/m1/s1. The maximum Gasteiger partial charge on any atom is 0.187 e. The molecule has 1 aliphatic heterocycles. The Morgan fingerprint density at radius 2 is 1.97 bits per heavy atom. The lowest BCUT2D eigenvalue weighted by Gasteiger charge is -2.58. The Labute approximate surface area is 182 Å². The first-order valence-corrected chi connectivity index (χ1v) is 11.6. The monoisotopic (exact) mass is 422 g/mol. The highest BCUT2D eigenvalue weighted by Crippen LogP contribution is 2.62. The van der Waals surface area contributed by atoms with Crippen LogP contribution >= 0.6 is 0 Å². The van der Waals surface area contributed by atoms with Crippen molar-refractivity contribution in [2.75, 3.05) is 6.61 Å². The van der Waals surface area contributed by atoms with Crippen molar-refractivity contribution >= 4 is 0 Å². The molecule has 5 nitrogen and oxygen atoms in total. The second kappa shape index (κ2) is 8.67. The second-order valence-corrected chi connectivity index (χ2v) is 10.8. The van der Waals surface area contributed by atoms with Crippen molar-refractivity contribution in [2.24, 2.45) is 22.7 Å². The fraction of sp³-hybridized carbons (Fsp3) is 0.840. The van der Waals surface area contributed by atoms with Gasteiger partial charge in [0.1, 0.15) is 18.3 Å². The van der Waals surface area contributed by atoms with Gasteiger partial charge in [-0.25, -0.2) is 0 Å². The molecule has 0 aromatic carbocycles. The average molecular weight is 423 g/mol. The van der Waals surface area contributed by atoms with E-state index in [0.29, 0.717) is 11.8 Å². The van der Waals surface area contributed by atoms with E-state index in [1.165, 1.54) is 19.3 Å². The molecule has 3 aliphatic rings. The van der Waals surface area contributed by atoms with Crippen LogP contribution in [0.5, 0.6) is 0 Å². The summed E-state index contributed by atoms with van der Waals surface area (Å²) in [6.07, 6.45) is 6.22. The highest BCUT2D eigenvalue weighted by molar-refractivity contribution is 5.20. The van der Waals surface area contributed by atoms with Gasteiger partial charge in [-0.15, -0.1) is 6.58 Å². The maximum atomic E-state index is 10.3. The molecule has 1 saturated carbocycles. The van der Waals surface area contributed by atoms with Crippen molar-refractivity contribution in [1.82, 2.24) is 0 Å². The molecule has 2 aliphatic carbocycles. The van der Waals surface area contributed by atoms with Crippen LogP contribution in [0.4, 0.5) is 0 Å². The highest BCUT2D eigenvalue weighted by Gasteiger charge is 2.53. The van der Waals surface area contributed by atoms with E-state index in [2.05, 4.69) is 40.3 Å². The lowest BCUT2D eigenvalue weighted by Crippen LogP contribution is -2.56. The second-order valence-electron chi connectivity index (χ2n) is 10.8. The maximum absolute atomic E-state index is 10.3. The average Bonchev–Trinajstić information content (AvgIpc) is 2.72. The minimum absolute atomic E-state index is 0.0586. The van der Waals surface area contributed by atoms with Crippen LogP contribution < -0.4 is 0 Å². The summed E-state index contributed by atoms with van der Waals surface area (Å²) in [6.45, 7) is 15.5. The van der Waals surface area contributed by atoms with Gasteiger partial charge in [0, 0.05) is 0 Å². The number of aliphatic hydroxyl groups is 3. The zero-order valence-corrected chi connectivity index (χ0v) is 19.4. The molecule has 0 unspecified atom stereocenters. The number of ether oxygens (including phenoxy) is 2. The summed E-state index contributed by atoms with van der Waals surface area (Å²) in [5, 5.41) is 30.0. The third-order valence-corrected chi connectivity index (χ3v) is 9.03. The van der Waals surface area contributed by atoms with E-state index in [1.54, 1.807) is 11.6 Å². The smallest absolute Gasteiger partial charge is 0.187 e. The molecule has 3 N–H and O–H groups in total. The van der Waals surface area contributed by atoms with Gasteiger partial charge in [-0.3, -0.25) is 0 Å². The van der Waals surface area contributed by atoms with Crippen molar-refractivity contribution in [3.05, 3.63) is 24.3 Å². The first-order chi connectivity index (χ1) is 14.0. The third-order valence-electron chi connectivity index (χ3n) is 9.03. The minimum atomic E-state index is -1.29. The number of hydrogen-bond donors (Lipinski definition) is 3. The first-order valence-electron chi connectivity index (χ1n) is 11.6. The topological polar surface area (TPSA) is 79.2 Å². The molecule has 0 bridgehead atoms. The van der Waals surface area contributed by atoms with E-state index in [0.717, 1.165) is 19.3 Å². The Bertz CT molecular complexity index is 662. The molecule has 0 aromatic heterocycles. The molecular weight excluding hydrogens is 380 g/mol. The van der Waals surface area contributed by atoms with E-state index in [1.807, 2.05) is 6.92 Å². The number of fused-ring (bicyclic) bond motifs is 1. The van der Waals surface area contributed by atoms with Crippen LogP contribution in [0.2, 0.25) is 0 Å². The Kier molecular flexibility index (Phi) is 6.91. The van der Waals surface area contributed by atoms with Gasteiger partial charge >= 0.3 is 0 Å². The van der Waals surface area contributed by atoms with E-state index >= 15 is 0 Å². The highest BCUT2D eigenvalue weighted by atomic mass is 16.7. The van der Waals surface area contributed by atoms with Gasteiger partial charge in [-0.1, -0.05) is 38.5 Å². The molecule has 5 heteroatoms. The fourth-order valence-electron chi connectivity index (χ4n) is 6.21. The van der Waals surface area contributed by atoms with Gasteiger partial charge in [0.25, 0.3) is 0 Å². The van der Waals surface area contributed by atoms with Crippen molar-refractivity contribution in [1.29, 1.82) is 0 Å². The summed E-state index contributed by atoms with van der Waals surface area (Å²) in [5.41, 5.74) is 1.32. The number of allylic oxidation sites excluding steroid dienone is 2. The molecule has 30 heavy (non-hydrogen) atoms. The number of rotatable bonds is 6. The Morgan fingerprint density at radius 3 is 2.63 bits per heavy atom. The van der Waals surface area contributed by atoms with E-state index in [-0.39, 0.29) is 17.4 Å². The van der Waals surface area contributed by atoms with Gasteiger partial charge < -0.3 is 24.8 Å². The first kappa shape index (κ1) is 23.9. The fourth-order valence-corrected chi connectivity index (χ4v) is 6.21. The Hall–Kier alpha value is -0.720. The van der Waals surface area contributed by atoms with Gasteiger partial charge in [-0.2, -0.15) is 0 Å². The largest absolute Gasteiger partial charge is 0.388 e. The SMILES string of the molecule is C=C[C@](C)(CC[C@@]1(C)[C@H](C)CC[C@]2(C)C(C)=CCC[C@H]12)O[C@H]1OC[C@H](O)[C@H](O)[C@H]1O. The summed E-state index contributed by atoms with van der Waals surface area (Å²) in [5.74, 6) is 1.27. The van der Waals surface area contributed by atoms with Crippen LogP contribution in [-0.4, -0.2) is 52.1 Å². The summed E-state index contributed by atoms with van der Waals surface area (Å²) < 4.78 is 11.6. The van der Waals surface area contributed by atoms with Crippen LogP contribution in [0.1, 0.15) is 73.1 Å². The van der Waals surface area contributed by atoms with E-state index in [4.69, 9.17) is 9.47 Å². The van der Waals surface area contributed by atoms with Crippen molar-refractivity contribution in [3.8, 4) is 0 Å². The zero-order valence-electron chi connectivity index (χ0n) is 19.4. The van der Waals surface area contributed by atoms with Crippen molar-refractivity contribution < 1.29 is 24.8 Å². The molecule has 2 fully saturated rings. The molecule has 172 valence electrons. The predicted molar refractivity (Wildman–Crippen MR) is 118 cm³/mol. The van der Waals surface area contributed by atoms with Crippen molar-refractivity contribution in [2.45, 2.75) is 103 Å². The van der Waals surface area contributed by atoms with Crippen LogP contribution in [0, 0.1) is 22.7 Å². The molecule has 9 atom stereocenters. The Morgan fingerprint density at radius 1 is 1.27 bits per heavy atom. The van der Waals surface area contributed by atoms with Gasteiger partial charge in [0.15, 0.2) is 6.29 Å². The van der Waals surface area contributed by atoms with Crippen LogP contribution in [-0.2, 0) is 9.47 Å². The molecule has 0 aromatic rings. The van der Waals surface area contributed by atoms with Crippen LogP contribution in [0.25, 0.3) is 0 Å². The van der Waals surface area contributed by atoms with Gasteiger partial charge in [0.05, 0.1) is 12.2 Å². The molecule has 1 heterocycles. The van der Waals surface area contributed by atoms with E-state index < -0.39 is 30.2 Å². The summed E-state index contributed by atoms with van der Waals surface area (Å²) in [6, 6.07) is 0. The van der Waals surface area contributed by atoms with Crippen LogP contribution in [0.3, 0.4) is 0 Å². The normalized spacial score (nSPS) is 46.5. The summed E-state index contributed by atoms with van der Waals surface area (Å²) in [7, 11) is 0. The molecule has 0 spiro atoms. The molecule has 1 saturated heterocycles. The summed E-state index contributed by atoms with van der Waals surface area (Å²) in [4.78, 5) is 0. The number of hydrogen-bond acceptors (Lipinski definition) is 5. The van der Waals surface area contributed by atoms with E-state index in [9.17, 15) is 15.3 Å². The predicted octanol–water partition coefficient (Wildman–Crippen LogP) is 3.97. The zero-order chi connectivity index (χ0) is 22.3. The Balaban J connectivity index is 1.74. The van der Waals surface area contributed by atoms with Crippen molar-refractivity contribution in [3.63, 3.8) is 0 Å². The van der Waals surface area contributed by atoms with Gasteiger partial charge in [-0.05, 0) is 75.0 Å². The third kappa shape index (κ3) is 4.16. The quantitative estimate of drug-likeness (QED) is 0.565. The minimum Gasteiger partial charge on any atom is -0.388 e. The summed E-state index contributed by atoms with van der Waals surface area (Å²) >= 11 is 0. The lowest BCUT2D eigenvalue weighted by atomic mass is 9.47. The molecule has 0 amide bonds. The molecule has 3 rings (SSSR count). The van der Waals surface area contributed by atoms with Crippen LogP contribution in [0.15, 0.2) is 24.3 Å². The molecule has 0 radical (unpaired) electrons. The molecular formula is C25H42O5.